The molecule has 0 saturated carbocycles. The average molecular weight is 369 g/mol. The Balaban J connectivity index is 1.60. The first kappa shape index (κ1) is 18.4. The average Bonchev–Trinajstić information content (AvgIpc) is 3.00. The lowest BCUT2D eigenvalue weighted by Gasteiger charge is -2.11. The predicted molar refractivity (Wildman–Crippen MR) is 99.6 cm³/mol. The Morgan fingerprint density at radius 2 is 2.04 bits per heavy atom. The van der Waals surface area contributed by atoms with Gasteiger partial charge in [0.1, 0.15) is 11.6 Å². The fourth-order valence-corrected chi connectivity index (χ4v) is 2.62. The number of carbonyl (C=O) groups is 1. The number of amides is 2. The van der Waals surface area contributed by atoms with Gasteiger partial charge in [0, 0.05) is 24.5 Å². The SMILES string of the molecule is COc1cc(F)ccc1NC(=O)NCc1ccc(-n2nc(C)cc2C)nc1. The maximum absolute atomic E-state index is 13.2. The van der Waals surface area contributed by atoms with Gasteiger partial charge in [0.2, 0.25) is 0 Å². The van der Waals surface area contributed by atoms with Gasteiger partial charge in [0.25, 0.3) is 0 Å². The second-order valence-electron chi connectivity index (χ2n) is 6.02. The van der Waals surface area contributed by atoms with Gasteiger partial charge in [-0.2, -0.15) is 5.10 Å². The highest BCUT2D eigenvalue weighted by molar-refractivity contribution is 5.90. The summed E-state index contributed by atoms with van der Waals surface area (Å²) < 4.78 is 20.0. The Hall–Kier alpha value is -3.42. The van der Waals surface area contributed by atoms with E-state index in [1.54, 1.807) is 10.9 Å². The van der Waals surface area contributed by atoms with Crippen LogP contribution >= 0.6 is 0 Å². The maximum atomic E-state index is 13.2. The number of hydrogen-bond donors (Lipinski definition) is 2. The Morgan fingerprint density at radius 3 is 2.67 bits per heavy atom. The number of pyridine rings is 1. The van der Waals surface area contributed by atoms with Gasteiger partial charge in [-0.25, -0.2) is 18.9 Å². The third-order valence-electron chi connectivity index (χ3n) is 3.90. The molecule has 0 spiro atoms. The first-order valence-electron chi connectivity index (χ1n) is 8.33. The molecule has 0 aliphatic heterocycles. The summed E-state index contributed by atoms with van der Waals surface area (Å²) >= 11 is 0. The van der Waals surface area contributed by atoms with E-state index in [-0.39, 0.29) is 5.75 Å². The molecular formula is C19H20FN5O2. The molecule has 0 aliphatic rings. The normalized spacial score (nSPS) is 10.5. The van der Waals surface area contributed by atoms with Crippen LogP contribution in [0.25, 0.3) is 5.82 Å². The van der Waals surface area contributed by atoms with Gasteiger partial charge in [-0.05, 0) is 43.7 Å². The van der Waals surface area contributed by atoms with Gasteiger partial charge in [0.15, 0.2) is 5.82 Å². The van der Waals surface area contributed by atoms with Crippen LogP contribution in [0.15, 0.2) is 42.6 Å². The number of anilines is 1. The van der Waals surface area contributed by atoms with Gasteiger partial charge < -0.3 is 15.4 Å². The molecule has 2 amide bonds. The summed E-state index contributed by atoms with van der Waals surface area (Å²) in [7, 11) is 1.41. The molecule has 27 heavy (non-hydrogen) atoms. The van der Waals surface area contributed by atoms with Crippen LogP contribution in [0.2, 0.25) is 0 Å². The summed E-state index contributed by atoms with van der Waals surface area (Å²) in [4.78, 5) is 16.5. The van der Waals surface area contributed by atoms with E-state index in [2.05, 4.69) is 20.7 Å². The largest absolute Gasteiger partial charge is 0.494 e. The molecule has 2 aromatic heterocycles. The Bertz CT molecular complexity index is 953. The van der Waals surface area contributed by atoms with Crippen molar-refractivity contribution >= 4 is 11.7 Å². The van der Waals surface area contributed by atoms with Gasteiger partial charge in [-0.3, -0.25) is 0 Å². The summed E-state index contributed by atoms with van der Waals surface area (Å²) in [5, 5.41) is 9.75. The Labute approximate surface area is 156 Å². The molecule has 140 valence electrons. The van der Waals surface area contributed by atoms with Crippen molar-refractivity contribution in [2.45, 2.75) is 20.4 Å². The third kappa shape index (κ3) is 4.41. The standard InChI is InChI=1S/C19H20FN5O2/c1-12-8-13(2)25(24-12)18-7-4-14(10-21-18)11-22-19(26)23-16-6-5-15(20)9-17(16)27-3/h4-10H,11H2,1-3H3,(H2,22,23,26). The van der Waals surface area contributed by atoms with Gasteiger partial charge >= 0.3 is 6.03 Å². The number of ether oxygens (including phenoxy) is 1. The molecule has 0 bridgehead atoms. The summed E-state index contributed by atoms with van der Waals surface area (Å²) in [6, 6.07) is 9.16. The quantitative estimate of drug-likeness (QED) is 0.723. The number of nitrogens with zero attached hydrogens (tertiary/aromatic N) is 3. The molecule has 3 rings (SSSR count). The third-order valence-corrected chi connectivity index (χ3v) is 3.90. The lowest BCUT2D eigenvalue weighted by Crippen LogP contribution is -2.28. The van der Waals surface area contributed by atoms with Crippen molar-refractivity contribution in [2.75, 3.05) is 12.4 Å². The van der Waals surface area contributed by atoms with Gasteiger partial charge in [-0.15, -0.1) is 0 Å². The van der Waals surface area contributed by atoms with Crippen LogP contribution in [-0.4, -0.2) is 27.9 Å². The fourth-order valence-electron chi connectivity index (χ4n) is 2.62. The molecular weight excluding hydrogens is 349 g/mol. The minimum absolute atomic E-state index is 0.251. The lowest BCUT2D eigenvalue weighted by atomic mass is 10.2. The van der Waals surface area contributed by atoms with Crippen molar-refractivity contribution in [1.82, 2.24) is 20.1 Å². The maximum Gasteiger partial charge on any atom is 0.319 e. The summed E-state index contributed by atoms with van der Waals surface area (Å²) in [5.41, 5.74) is 3.14. The Morgan fingerprint density at radius 1 is 1.22 bits per heavy atom. The van der Waals surface area contributed by atoms with E-state index >= 15 is 0 Å². The summed E-state index contributed by atoms with van der Waals surface area (Å²) in [6.45, 7) is 4.18. The molecule has 0 radical (unpaired) electrons. The zero-order valence-electron chi connectivity index (χ0n) is 15.3. The predicted octanol–water partition coefficient (Wildman–Crippen LogP) is 3.35. The molecule has 1 aromatic carbocycles. The van der Waals surface area contributed by atoms with Crippen LogP contribution < -0.4 is 15.4 Å². The monoisotopic (exact) mass is 369 g/mol. The number of methoxy groups -OCH3 is 1. The number of aryl methyl sites for hydroxylation is 2. The number of halogens is 1. The molecule has 8 heteroatoms. The van der Waals surface area contributed by atoms with Crippen LogP contribution in [0.1, 0.15) is 17.0 Å². The fraction of sp³-hybridized carbons (Fsp3) is 0.211. The van der Waals surface area contributed by atoms with E-state index in [4.69, 9.17) is 4.74 Å². The smallest absolute Gasteiger partial charge is 0.319 e. The second-order valence-corrected chi connectivity index (χ2v) is 6.02. The topological polar surface area (TPSA) is 81.1 Å². The van der Waals surface area contributed by atoms with Gasteiger partial charge in [-0.1, -0.05) is 6.07 Å². The number of aromatic nitrogens is 3. The molecule has 0 unspecified atom stereocenters. The lowest BCUT2D eigenvalue weighted by molar-refractivity contribution is 0.251. The van der Waals surface area contributed by atoms with E-state index in [9.17, 15) is 9.18 Å². The zero-order chi connectivity index (χ0) is 19.4. The number of nitrogens with one attached hydrogen (secondary N) is 2. The van der Waals surface area contributed by atoms with Crippen molar-refractivity contribution in [1.29, 1.82) is 0 Å². The van der Waals surface area contributed by atoms with E-state index in [0.29, 0.717) is 18.1 Å². The van der Waals surface area contributed by atoms with Crippen molar-refractivity contribution in [3.05, 3.63) is 65.4 Å². The minimum Gasteiger partial charge on any atom is -0.494 e. The minimum atomic E-state index is -0.438. The van der Waals surface area contributed by atoms with Crippen LogP contribution in [0.3, 0.4) is 0 Å². The van der Waals surface area contributed by atoms with Crippen molar-refractivity contribution in [2.24, 2.45) is 0 Å². The number of urea groups is 1. The first-order chi connectivity index (χ1) is 13.0. The highest BCUT2D eigenvalue weighted by Crippen LogP contribution is 2.24. The molecule has 2 N–H and O–H groups in total. The Kier molecular flexibility index (Phi) is 5.35. The number of benzene rings is 1. The molecule has 0 atom stereocenters. The molecule has 0 aliphatic carbocycles. The highest BCUT2D eigenvalue weighted by Gasteiger charge is 2.09. The molecule has 7 nitrogen and oxygen atoms in total. The van der Waals surface area contributed by atoms with E-state index in [0.717, 1.165) is 17.0 Å². The molecule has 2 heterocycles. The van der Waals surface area contributed by atoms with Gasteiger partial charge in [0.05, 0.1) is 18.5 Å². The summed E-state index contributed by atoms with van der Waals surface area (Å²) in [5.74, 6) is 0.525. The van der Waals surface area contributed by atoms with Crippen LogP contribution in [0.4, 0.5) is 14.9 Å². The van der Waals surface area contributed by atoms with E-state index in [1.807, 2.05) is 32.0 Å². The molecule has 3 aromatic rings. The second kappa shape index (κ2) is 7.86. The van der Waals surface area contributed by atoms with Crippen molar-refractivity contribution in [3.63, 3.8) is 0 Å². The number of rotatable bonds is 5. The molecule has 0 fully saturated rings. The van der Waals surface area contributed by atoms with Crippen molar-refractivity contribution < 1.29 is 13.9 Å². The highest BCUT2D eigenvalue weighted by atomic mass is 19.1. The van der Waals surface area contributed by atoms with Crippen LogP contribution in [-0.2, 0) is 6.54 Å². The summed E-state index contributed by atoms with van der Waals surface area (Å²) in [6.07, 6.45) is 1.69. The number of hydrogen-bond acceptors (Lipinski definition) is 4. The van der Waals surface area contributed by atoms with E-state index in [1.165, 1.54) is 25.3 Å². The molecule has 0 saturated heterocycles. The van der Waals surface area contributed by atoms with Crippen molar-refractivity contribution in [3.8, 4) is 11.6 Å². The zero-order valence-corrected chi connectivity index (χ0v) is 15.3. The van der Waals surface area contributed by atoms with E-state index < -0.39 is 11.8 Å². The van der Waals surface area contributed by atoms with Crippen LogP contribution in [0.5, 0.6) is 5.75 Å². The number of carbonyl (C=O) groups excluding carboxylic acids is 1. The van der Waals surface area contributed by atoms with Crippen LogP contribution in [0, 0.1) is 19.7 Å². The first-order valence-corrected chi connectivity index (χ1v) is 8.33.